The second kappa shape index (κ2) is 11.1. The Morgan fingerprint density at radius 2 is 2.02 bits per heavy atom. The Balaban J connectivity index is 1.27. The Hall–Kier alpha value is -4.31. The zero-order chi connectivity index (χ0) is 29.7. The van der Waals surface area contributed by atoms with Crippen molar-refractivity contribution in [1.82, 2.24) is 29.0 Å². The van der Waals surface area contributed by atoms with E-state index < -0.39 is 12.7 Å². The molecule has 2 N–H and O–H groups in total. The molecular weight excluding hydrogens is 545 g/mol. The number of halogens is 1. The summed E-state index contributed by atoms with van der Waals surface area (Å²) in [4.78, 5) is 29.1. The molecule has 5 heterocycles. The van der Waals surface area contributed by atoms with Gasteiger partial charge >= 0.3 is 0 Å². The van der Waals surface area contributed by atoms with Crippen LogP contribution < -0.4 is 10.5 Å². The van der Waals surface area contributed by atoms with Crippen LogP contribution in [-0.4, -0.2) is 67.3 Å². The van der Waals surface area contributed by atoms with E-state index in [1.54, 1.807) is 11.1 Å². The predicted molar refractivity (Wildman–Crippen MR) is 164 cm³/mol. The third-order valence-electron chi connectivity index (χ3n) is 8.71. The van der Waals surface area contributed by atoms with Crippen LogP contribution in [0.1, 0.15) is 47.3 Å². The fourth-order valence-corrected chi connectivity index (χ4v) is 6.09. The summed E-state index contributed by atoms with van der Waals surface area (Å²) < 4.78 is 23.9. The number of fused-ring (bicyclic) bond motifs is 3. The molecular formula is C33H36FN7O2. The van der Waals surface area contributed by atoms with Gasteiger partial charge in [0.15, 0.2) is 11.5 Å². The standard InChI is InChI=1S/C33H36FN7O2/c1-20(23-6-4-11-36-16-23)19-43-29-7-3-5-22-13-28(41(30(22)29)17-21-8-9-21)32-38-27-14-25-26(37-31(27)39(32)2)10-12-40(33(25)42)18-24(35)15-34/h3-7,11,13-14,16,20-21,24H,8-10,12,15,17-19,35H2,1-2H3/t20?,24-/m1/s1. The third-order valence-corrected chi connectivity index (χ3v) is 8.71. The highest BCUT2D eigenvalue weighted by atomic mass is 19.1. The molecule has 1 saturated carbocycles. The Morgan fingerprint density at radius 3 is 2.79 bits per heavy atom. The van der Waals surface area contributed by atoms with E-state index in [1.165, 1.54) is 12.8 Å². The van der Waals surface area contributed by atoms with E-state index in [9.17, 15) is 9.18 Å². The molecule has 43 heavy (non-hydrogen) atoms. The largest absolute Gasteiger partial charge is 0.491 e. The summed E-state index contributed by atoms with van der Waals surface area (Å²) in [7, 11) is 1.98. The number of carbonyl (C=O) groups excluding carboxylic acids is 1. The third kappa shape index (κ3) is 5.14. The molecule has 4 aromatic heterocycles. The lowest BCUT2D eigenvalue weighted by Gasteiger charge is -2.29. The Morgan fingerprint density at radius 1 is 1.16 bits per heavy atom. The van der Waals surface area contributed by atoms with E-state index in [-0.39, 0.29) is 18.4 Å². The van der Waals surface area contributed by atoms with Crippen molar-refractivity contribution in [3.8, 4) is 17.3 Å². The highest BCUT2D eigenvalue weighted by Crippen LogP contribution is 2.39. The van der Waals surface area contributed by atoms with Crippen LogP contribution in [0.5, 0.6) is 5.75 Å². The number of benzene rings is 1. The van der Waals surface area contributed by atoms with Crippen LogP contribution in [0.2, 0.25) is 0 Å². The highest BCUT2D eigenvalue weighted by Gasteiger charge is 2.30. The van der Waals surface area contributed by atoms with Crippen LogP contribution in [-0.2, 0) is 20.0 Å². The zero-order valence-corrected chi connectivity index (χ0v) is 24.5. The van der Waals surface area contributed by atoms with Crippen molar-refractivity contribution >= 4 is 28.0 Å². The van der Waals surface area contributed by atoms with Crippen LogP contribution in [0.3, 0.4) is 0 Å². The number of aryl methyl sites for hydroxylation is 1. The average molecular weight is 582 g/mol. The molecule has 0 saturated heterocycles. The Labute approximate surface area is 249 Å². The van der Waals surface area contributed by atoms with Crippen molar-refractivity contribution in [2.45, 2.75) is 44.7 Å². The van der Waals surface area contributed by atoms with Crippen molar-refractivity contribution in [2.24, 2.45) is 18.7 Å². The Kier molecular flexibility index (Phi) is 7.09. The van der Waals surface area contributed by atoms with Gasteiger partial charge in [-0.1, -0.05) is 25.1 Å². The molecule has 7 rings (SSSR count). The van der Waals surface area contributed by atoms with E-state index in [4.69, 9.17) is 20.4 Å². The Bertz CT molecular complexity index is 1810. The van der Waals surface area contributed by atoms with E-state index in [0.717, 1.165) is 51.6 Å². The van der Waals surface area contributed by atoms with Gasteiger partial charge in [0.25, 0.3) is 5.91 Å². The molecule has 1 amide bonds. The summed E-state index contributed by atoms with van der Waals surface area (Å²) in [5.74, 6) is 2.29. The number of hydrogen-bond donors (Lipinski definition) is 1. The number of aromatic nitrogens is 5. The van der Waals surface area contributed by atoms with Gasteiger partial charge in [0.2, 0.25) is 0 Å². The van der Waals surface area contributed by atoms with Crippen molar-refractivity contribution < 1.29 is 13.9 Å². The minimum atomic E-state index is -0.690. The number of hydrogen-bond acceptors (Lipinski definition) is 6. The summed E-state index contributed by atoms with van der Waals surface area (Å²) in [6.45, 7) is 3.57. The maximum Gasteiger partial charge on any atom is 0.255 e. The second-order valence-corrected chi connectivity index (χ2v) is 12.0. The highest BCUT2D eigenvalue weighted by molar-refractivity contribution is 5.99. The molecule has 2 aliphatic rings. The summed E-state index contributed by atoms with van der Waals surface area (Å²) >= 11 is 0. The number of nitrogens with zero attached hydrogens (tertiary/aromatic N) is 6. The van der Waals surface area contributed by atoms with Gasteiger partial charge in [0, 0.05) is 56.8 Å². The molecule has 1 aromatic carbocycles. The van der Waals surface area contributed by atoms with Gasteiger partial charge in [-0.3, -0.25) is 9.78 Å². The van der Waals surface area contributed by atoms with Gasteiger partial charge < -0.3 is 24.5 Å². The monoisotopic (exact) mass is 581 g/mol. The molecule has 2 atom stereocenters. The summed E-state index contributed by atoms with van der Waals surface area (Å²) in [5, 5.41) is 1.09. The van der Waals surface area contributed by atoms with Crippen molar-refractivity contribution in [2.75, 3.05) is 26.4 Å². The van der Waals surface area contributed by atoms with E-state index in [1.807, 2.05) is 42.1 Å². The maximum atomic E-state index is 13.3. The lowest BCUT2D eigenvalue weighted by atomic mass is 10.0. The van der Waals surface area contributed by atoms with Crippen molar-refractivity contribution in [3.63, 3.8) is 0 Å². The lowest BCUT2D eigenvalue weighted by Crippen LogP contribution is -2.45. The molecule has 1 aliphatic carbocycles. The molecule has 0 spiro atoms. The zero-order valence-electron chi connectivity index (χ0n) is 24.5. The minimum absolute atomic E-state index is 0.170. The smallest absolute Gasteiger partial charge is 0.255 e. The van der Waals surface area contributed by atoms with Crippen LogP contribution in [0, 0.1) is 5.92 Å². The van der Waals surface area contributed by atoms with Crippen molar-refractivity contribution in [3.05, 3.63) is 71.7 Å². The SMILES string of the molecule is CC(COc1cccc2cc(-c3nc4cc5c(nc4n3C)CCN(C[C@H](N)CF)C5=O)n(CC3CC3)c12)c1cccnc1. The molecule has 1 unspecified atom stereocenters. The molecule has 10 heteroatoms. The number of amides is 1. The van der Waals surface area contributed by atoms with E-state index in [2.05, 4.69) is 34.7 Å². The maximum absolute atomic E-state index is 13.3. The first-order chi connectivity index (χ1) is 20.9. The van der Waals surface area contributed by atoms with Crippen LogP contribution in [0.4, 0.5) is 4.39 Å². The first-order valence-electron chi connectivity index (χ1n) is 15.0. The normalized spacial score (nSPS) is 16.6. The fraction of sp³-hybridized carbons (Fsp3) is 0.394. The molecule has 0 radical (unpaired) electrons. The quantitative estimate of drug-likeness (QED) is 0.252. The van der Waals surface area contributed by atoms with Crippen molar-refractivity contribution in [1.29, 1.82) is 0 Å². The van der Waals surface area contributed by atoms with Crippen LogP contribution in [0.25, 0.3) is 33.6 Å². The number of imidazole rings is 1. The van der Waals surface area contributed by atoms with Gasteiger partial charge in [-0.05, 0) is 48.6 Å². The summed E-state index contributed by atoms with van der Waals surface area (Å²) in [5.41, 5.74) is 11.7. The lowest BCUT2D eigenvalue weighted by molar-refractivity contribution is 0.0723. The first-order valence-corrected chi connectivity index (χ1v) is 15.0. The molecule has 5 aromatic rings. The molecule has 9 nitrogen and oxygen atoms in total. The molecule has 1 fully saturated rings. The summed E-state index contributed by atoms with van der Waals surface area (Å²) in [6.07, 6.45) is 6.69. The average Bonchev–Trinajstić information content (AvgIpc) is 3.70. The molecule has 0 bridgehead atoms. The minimum Gasteiger partial charge on any atom is -0.491 e. The molecule has 222 valence electrons. The number of rotatable bonds is 10. The second-order valence-electron chi connectivity index (χ2n) is 12.0. The molecule has 1 aliphatic heterocycles. The first kappa shape index (κ1) is 27.5. The van der Waals surface area contributed by atoms with E-state index in [0.29, 0.717) is 36.6 Å². The van der Waals surface area contributed by atoms with Gasteiger partial charge in [0.05, 0.1) is 35.1 Å². The van der Waals surface area contributed by atoms with E-state index >= 15 is 0 Å². The van der Waals surface area contributed by atoms with Crippen LogP contribution in [0.15, 0.2) is 54.9 Å². The summed E-state index contributed by atoms with van der Waals surface area (Å²) in [6, 6.07) is 13.6. The van der Waals surface area contributed by atoms with Gasteiger partial charge in [0.1, 0.15) is 17.9 Å². The van der Waals surface area contributed by atoms with Gasteiger partial charge in [-0.2, -0.15) is 0 Å². The number of ether oxygens (including phenoxy) is 1. The fourth-order valence-electron chi connectivity index (χ4n) is 6.09. The van der Waals surface area contributed by atoms with Gasteiger partial charge in [-0.15, -0.1) is 0 Å². The number of nitrogens with two attached hydrogens (primary N) is 1. The number of carbonyl (C=O) groups is 1. The van der Waals surface area contributed by atoms with Crippen LogP contribution >= 0.6 is 0 Å². The topological polar surface area (TPSA) is 104 Å². The van der Waals surface area contributed by atoms with Gasteiger partial charge in [-0.25, -0.2) is 14.4 Å². The number of alkyl halides is 1. The number of pyridine rings is 2. The number of para-hydroxylation sites is 1. The predicted octanol–water partition coefficient (Wildman–Crippen LogP) is 4.87.